The summed E-state index contributed by atoms with van der Waals surface area (Å²) in [6, 6.07) is 13.0. The predicted molar refractivity (Wildman–Crippen MR) is 70.6 cm³/mol. The molecule has 88 valence electrons. The first-order valence-corrected chi connectivity index (χ1v) is 4.81. The molecule has 0 aliphatic carbocycles. The van der Waals surface area contributed by atoms with Crippen LogP contribution >= 0.6 is 12.4 Å². The van der Waals surface area contributed by atoms with Crippen LogP contribution in [0.25, 0.3) is 10.8 Å². The molecule has 0 spiro atoms. The SMILES string of the molecule is Cl.N=C(N)NC(=O)c1cccc2ccccc12. The molecule has 0 saturated carbocycles. The van der Waals surface area contributed by atoms with Crippen molar-refractivity contribution in [2.75, 3.05) is 0 Å². The molecule has 0 fully saturated rings. The van der Waals surface area contributed by atoms with E-state index in [1.807, 2.05) is 30.3 Å². The molecule has 0 atom stereocenters. The third kappa shape index (κ3) is 2.73. The van der Waals surface area contributed by atoms with Gasteiger partial charge in [-0.1, -0.05) is 36.4 Å². The summed E-state index contributed by atoms with van der Waals surface area (Å²) >= 11 is 0. The molecule has 0 saturated heterocycles. The Morgan fingerprint density at radius 3 is 2.47 bits per heavy atom. The molecule has 4 N–H and O–H groups in total. The van der Waals surface area contributed by atoms with Gasteiger partial charge in [0.2, 0.25) is 0 Å². The van der Waals surface area contributed by atoms with Gasteiger partial charge in [-0.3, -0.25) is 15.5 Å². The molecule has 4 nitrogen and oxygen atoms in total. The minimum absolute atomic E-state index is 0. The summed E-state index contributed by atoms with van der Waals surface area (Å²) in [6.07, 6.45) is 0. The first-order valence-electron chi connectivity index (χ1n) is 4.81. The van der Waals surface area contributed by atoms with Gasteiger partial charge >= 0.3 is 0 Å². The average molecular weight is 250 g/mol. The monoisotopic (exact) mass is 249 g/mol. The molecule has 0 heterocycles. The topological polar surface area (TPSA) is 79.0 Å². The fraction of sp³-hybridized carbons (Fsp3) is 0. The Hall–Kier alpha value is -2.07. The zero-order chi connectivity index (χ0) is 11.5. The molecule has 0 aliphatic rings. The standard InChI is InChI=1S/C12H11N3O.ClH/c13-12(14)15-11(16)10-7-3-5-8-4-1-2-6-9(8)10;/h1-7H,(H4,13,14,15,16);1H. The zero-order valence-corrected chi connectivity index (χ0v) is 9.75. The Morgan fingerprint density at radius 1 is 1.12 bits per heavy atom. The zero-order valence-electron chi connectivity index (χ0n) is 8.94. The molecule has 1 amide bonds. The number of guanidine groups is 1. The number of halogens is 1. The van der Waals surface area contributed by atoms with Crippen LogP contribution in [0.3, 0.4) is 0 Å². The lowest BCUT2D eigenvalue weighted by molar-refractivity contribution is 0.0978. The Bertz CT molecular complexity index is 563. The fourth-order valence-corrected chi connectivity index (χ4v) is 1.61. The Morgan fingerprint density at radius 2 is 1.76 bits per heavy atom. The van der Waals surface area contributed by atoms with Gasteiger partial charge in [-0.15, -0.1) is 12.4 Å². The van der Waals surface area contributed by atoms with Crippen LogP contribution in [0.5, 0.6) is 0 Å². The summed E-state index contributed by atoms with van der Waals surface area (Å²) in [6.45, 7) is 0. The second-order valence-corrected chi connectivity index (χ2v) is 3.39. The van der Waals surface area contributed by atoms with E-state index in [4.69, 9.17) is 11.1 Å². The molecule has 0 radical (unpaired) electrons. The summed E-state index contributed by atoms with van der Waals surface area (Å²) in [5.41, 5.74) is 5.65. The minimum atomic E-state index is -0.357. The number of carbonyl (C=O) groups is 1. The number of hydrogen-bond donors (Lipinski definition) is 3. The van der Waals surface area contributed by atoms with Gasteiger partial charge < -0.3 is 5.73 Å². The smallest absolute Gasteiger partial charge is 0.258 e. The van der Waals surface area contributed by atoms with E-state index in [1.54, 1.807) is 12.1 Å². The highest BCUT2D eigenvalue weighted by Gasteiger charge is 2.09. The van der Waals surface area contributed by atoms with Gasteiger partial charge in [0.25, 0.3) is 5.91 Å². The van der Waals surface area contributed by atoms with E-state index in [-0.39, 0.29) is 24.3 Å². The molecule has 5 heteroatoms. The highest BCUT2D eigenvalue weighted by molar-refractivity contribution is 6.12. The van der Waals surface area contributed by atoms with Gasteiger partial charge in [-0.25, -0.2) is 0 Å². The van der Waals surface area contributed by atoms with Crippen LogP contribution in [0.4, 0.5) is 0 Å². The van der Waals surface area contributed by atoms with Crippen LogP contribution < -0.4 is 11.1 Å². The average Bonchev–Trinajstić information content (AvgIpc) is 2.27. The maximum Gasteiger partial charge on any atom is 0.258 e. The lowest BCUT2D eigenvalue weighted by Gasteiger charge is -2.06. The largest absolute Gasteiger partial charge is 0.370 e. The van der Waals surface area contributed by atoms with Gasteiger partial charge in [0.05, 0.1) is 0 Å². The van der Waals surface area contributed by atoms with Gasteiger partial charge in [-0.2, -0.15) is 0 Å². The van der Waals surface area contributed by atoms with Crippen LogP contribution in [-0.4, -0.2) is 11.9 Å². The van der Waals surface area contributed by atoms with E-state index in [1.165, 1.54) is 0 Å². The normalized spacial score (nSPS) is 9.41. The highest BCUT2D eigenvalue weighted by atomic mass is 35.5. The van der Waals surface area contributed by atoms with Crippen molar-refractivity contribution in [1.82, 2.24) is 5.32 Å². The summed E-state index contributed by atoms with van der Waals surface area (Å²) in [5, 5.41) is 11.1. The van der Waals surface area contributed by atoms with Crippen LogP contribution in [-0.2, 0) is 0 Å². The Kier molecular flexibility index (Phi) is 4.06. The van der Waals surface area contributed by atoms with E-state index in [2.05, 4.69) is 5.32 Å². The number of hydrogen-bond acceptors (Lipinski definition) is 2. The number of amides is 1. The van der Waals surface area contributed by atoms with E-state index in [0.717, 1.165) is 10.8 Å². The van der Waals surface area contributed by atoms with Gasteiger partial charge in [0, 0.05) is 5.56 Å². The van der Waals surface area contributed by atoms with Crippen LogP contribution in [0, 0.1) is 5.41 Å². The Balaban J connectivity index is 0.00000144. The number of carbonyl (C=O) groups excluding carboxylic acids is 1. The maximum absolute atomic E-state index is 11.7. The number of rotatable bonds is 1. The van der Waals surface area contributed by atoms with E-state index >= 15 is 0 Å². The fourth-order valence-electron chi connectivity index (χ4n) is 1.61. The van der Waals surface area contributed by atoms with Crippen LogP contribution in [0.15, 0.2) is 42.5 Å². The quantitative estimate of drug-likeness (QED) is 0.533. The summed E-state index contributed by atoms with van der Waals surface area (Å²) in [4.78, 5) is 11.7. The number of nitrogens with two attached hydrogens (primary N) is 1. The molecule has 0 aromatic heterocycles. The first-order chi connectivity index (χ1) is 7.68. The van der Waals surface area contributed by atoms with Crippen molar-refractivity contribution < 1.29 is 4.79 Å². The molecular formula is C12H12ClN3O. The van der Waals surface area contributed by atoms with Gasteiger partial charge in [0.1, 0.15) is 0 Å². The van der Waals surface area contributed by atoms with Crippen molar-refractivity contribution in [3.05, 3.63) is 48.0 Å². The minimum Gasteiger partial charge on any atom is -0.370 e. The van der Waals surface area contributed by atoms with E-state index < -0.39 is 0 Å². The van der Waals surface area contributed by atoms with Crippen molar-refractivity contribution in [2.24, 2.45) is 5.73 Å². The Labute approximate surface area is 105 Å². The number of benzene rings is 2. The molecule has 0 unspecified atom stereocenters. The van der Waals surface area contributed by atoms with Crippen molar-refractivity contribution in [2.45, 2.75) is 0 Å². The van der Waals surface area contributed by atoms with Gasteiger partial charge in [-0.05, 0) is 16.8 Å². The van der Waals surface area contributed by atoms with Crippen molar-refractivity contribution >= 4 is 35.0 Å². The number of nitrogens with one attached hydrogen (secondary N) is 2. The predicted octanol–water partition coefficient (Wildman–Crippen LogP) is 1.88. The van der Waals surface area contributed by atoms with Crippen molar-refractivity contribution in [3.8, 4) is 0 Å². The third-order valence-corrected chi connectivity index (χ3v) is 2.28. The molecule has 2 aromatic carbocycles. The van der Waals surface area contributed by atoms with Gasteiger partial charge in [0.15, 0.2) is 5.96 Å². The van der Waals surface area contributed by atoms with Crippen molar-refractivity contribution in [1.29, 1.82) is 5.41 Å². The lowest BCUT2D eigenvalue weighted by atomic mass is 10.0. The third-order valence-electron chi connectivity index (χ3n) is 2.28. The second kappa shape index (κ2) is 5.32. The highest BCUT2D eigenvalue weighted by Crippen LogP contribution is 2.18. The van der Waals surface area contributed by atoms with Crippen LogP contribution in [0.1, 0.15) is 10.4 Å². The molecule has 0 aliphatic heterocycles. The first kappa shape index (κ1) is 13.0. The maximum atomic E-state index is 11.7. The summed E-state index contributed by atoms with van der Waals surface area (Å²) in [7, 11) is 0. The molecular weight excluding hydrogens is 238 g/mol. The number of fused-ring (bicyclic) bond motifs is 1. The molecule has 2 aromatic rings. The molecule has 2 rings (SSSR count). The summed E-state index contributed by atoms with van der Waals surface area (Å²) in [5.74, 6) is -0.706. The second-order valence-electron chi connectivity index (χ2n) is 3.39. The molecule has 0 bridgehead atoms. The van der Waals surface area contributed by atoms with Crippen molar-refractivity contribution in [3.63, 3.8) is 0 Å². The van der Waals surface area contributed by atoms with E-state index in [0.29, 0.717) is 5.56 Å². The van der Waals surface area contributed by atoms with E-state index in [9.17, 15) is 4.79 Å². The van der Waals surface area contributed by atoms with Crippen LogP contribution in [0.2, 0.25) is 0 Å². The lowest BCUT2D eigenvalue weighted by Crippen LogP contribution is -2.35. The molecule has 17 heavy (non-hydrogen) atoms. The summed E-state index contributed by atoms with van der Waals surface area (Å²) < 4.78 is 0.